The van der Waals surface area contributed by atoms with Crippen molar-refractivity contribution in [1.29, 1.82) is 0 Å². The van der Waals surface area contributed by atoms with Gasteiger partial charge in [-0.05, 0) is 91.6 Å². The zero-order valence-electron chi connectivity index (χ0n) is 21.7. The van der Waals surface area contributed by atoms with Crippen LogP contribution in [0.5, 0.6) is 0 Å². The fourth-order valence-electron chi connectivity index (χ4n) is 8.56. The second kappa shape index (κ2) is 10.4. The first kappa shape index (κ1) is 26.2. The predicted molar refractivity (Wildman–Crippen MR) is 137 cm³/mol. The van der Waals surface area contributed by atoms with Gasteiger partial charge in [0.15, 0.2) is 5.78 Å². The third-order valence-corrected chi connectivity index (χ3v) is 10.1. The molecule has 0 aromatic rings. The van der Waals surface area contributed by atoms with Gasteiger partial charge in [0.05, 0.1) is 18.2 Å². The maximum Gasteiger partial charge on any atom is 0.259 e. The van der Waals surface area contributed by atoms with Crippen molar-refractivity contribution in [3.63, 3.8) is 0 Å². The molecule has 2 heterocycles. The third-order valence-electron chi connectivity index (χ3n) is 10.1. The number of ketones is 1. The van der Waals surface area contributed by atoms with Crippen molar-refractivity contribution in [2.75, 3.05) is 6.54 Å². The molecule has 2 amide bonds. The lowest BCUT2D eigenvalue weighted by molar-refractivity contribution is -0.129. The normalized spacial score (nSPS) is 44.3. The van der Waals surface area contributed by atoms with Gasteiger partial charge in [0, 0.05) is 6.54 Å². The lowest BCUT2D eigenvalue weighted by Gasteiger charge is -2.46. The lowest BCUT2D eigenvalue weighted by atomic mass is 9.62. The van der Waals surface area contributed by atoms with Crippen LogP contribution in [0.1, 0.15) is 52.4 Å². The van der Waals surface area contributed by atoms with E-state index in [0.717, 1.165) is 19.3 Å². The van der Waals surface area contributed by atoms with Crippen molar-refractivity contribution in [1.82, 2.24) is 10.6 Å². The molecule has 2 bridgehead atoms. The van der Waals surface area contributed by atoms with Crippen LogP contribution in [0.2, 0.25) is 0 Å². The first-order chi connectivity index (χ1) is 17.7. The van der Waals surface area contributed by atoms with Gasteiger partial charge in [-0.1, -0.05) is 32.4 Å². The molecule has 1 saturated heterocycles. The van der Waals surface area contributed by atoms with Gasteiger partial charge in [0.2, 0.25) is 5.91 Å². The molecular formula is C29H40N2O6. The van der Waals surface area contributed by atoms with Crippen LogP contribution in [-0.4, -0.2) is 57.7 Å². The highest BCUT2D eigenvalue weighted by molar-refractivity contribution is 6.27. The Morgan fingerprint density at radius 3 is 2.49 bits per heavy atom. The van der Waals surface area contributed by atoms with Gasteiger partial charge in [-0.2, -0.15) is 0 Å². The third kappa shape index (κ3) is 4.56. The molecule has 8 heteroatoms. The summed E-state index contributed by atoms with van der Waals surface area (Å²) in [6.45, 7) is 4.78. The minimum Gasteiger partial charge on any atom is -0.507 e. The zero-order chi connectivity index (χ0) is 26.4. The zero-order valence-corrected chi connectivity index (χ0v) is 21.7. The largest absolute Gasteiger partial charge is 0.507 e. The van der Waals surface area contributed by atoms with E-state index in [1.54, 1.807) is 0 Å². The van der Waals surface area contributed by atoms with E-state index >= 15 is 0 Å². The summed E-state index contributed by atoms with van der Waals surface area (Å²) in [7, 11) is 0. The van der Waals surface area contributed by atoms with Crippen LogP contribution >= 0.6 is 0 Å². The summed E-state index contributed by atoms with van der Waals surface area (Å²) in [6.07, 6.45) is 9.33. The molecule has 202 valence electrons. The van der Waals surface area contributed by atoms with Crippen molar-refractivity contribution in [2.24, 2.45) is 47.3 Å². The number of hydrogen-bond donors (Lipinski definition) is 5. The maximum atomic E-state index is 12.8. The summed E-state index contributed by atoms with van der Waals surface area (Å²) in [5.41, 5.74) is -0.213. The molecule has 11 atom stereocenters. The number of carbonyl (C=O) groups is 3. The summed E-state index contributed by atoms with van der Waals surface area (Å²) in [6, 6.07) is -0.704. The number of allylic oxidation sites excluding steroid dienone is 3. The average molecular weight is 513 g/mol. The number of carbonyl (C=O) groups excluding carboxylic acids is 3. The van der Waals surface area contributed by atoms with Crippen molar-refractivity contribution < 1.29 is 29.7 Å². The minimum atomic E-state index is -0.850. The minimum absolute atomic E-state index is 0.0367. The Morgan fingerprint density at radius 2 is 1.73 bits per heavy atom. The molecule has 5 aliphatic rings. The number of nitrogens with one attached hydrogen (secondary N) is 2. The van der Waals surface area contributed by atoms with Gasteiger partial charge in [0.1, 0.15) is 11.3 Å². The van der Waals surface area contributed by atoms with Gasteiger partial charge < -0.3 is 26.0 Å². The van der Waals surface area contributed by atoms with E-state index in [9.17, 15) is 29.7 Å². The standard InChI is InChI=1S/C29H40N2O6/c1-3-16-14(2)12-18-19-13-15-9-10-21(32)25-26(34)20(31-29(25)37)7-5-11-30-22(33)8-4-6-17(15)24(19)28(36)27(35)23(16)18/h4,8-10,14-20,23-24,27-28,32,35-36H,3,5-7,11-13H2,1-2H3,(H,30,33)(H,31,37). The van der Waals surface area contributed by atoms with E-state index in [1.807, 2.05) is 12.2 Å². The molecule has 5 rings (SSSR count). The van der Waals surface area contributed by atoms with Crippen LogP contribution in [-0.2, 0) is 14.4 Å². The fraction of sp³-hybridized carbons (Fsp3) is 0.690. The Kier molecular flexibility index (Phi) is 7.33. The van der Waals surface area contributed by atoms with Gasteiger partial charge in [0.25, 0.3) is 5.91 Å². The summed E-state index contributed by atoms with van der Waals surface area (Å²) in [4.78, 5) is 37.7. The van der Waals surface area contributed by atoms with Crippen LogP contribution in [0.3, 0.4) is 0 Å². The van der Waals surface area contributed by atoms with Crippen molar-refractivity contribution in [3.8, 4) is 0 Å². The first-order valence-corrected chi connectivity index (χ1v) is 14.0. The fourth-order valence-corrected chi connectivity index (χ4v) is 8.56. The van der Waals surface area contributed by atoms with E-state index < -0.39 is 29.9 Å². The molecule has 0 spiro atoms. The molecule has 0 aromatic carbocycles. The number of Topliss-reactive ketones (excluding diaryl/α,β-unsaturated/α-hetero) is 1. The molecule has 0 radical (unpaired) electrons. The Morgan fingerprint density at radius 1 is 1.00 bits per heavy atom. The van der Waals surface area contributed by atoms with E-state index in [2.05, 4.69) is 24.5 Å². The Hall–Kier alpha value is -2.45. The average Bonchev–Trinajstić information content (AvgIpc) is 3.48. The molecule has 5 N–H and O–H groups in total. The lowest BCUT2D eigenvalue weighted by Crippen LogP contribution is -2.52. The van der Waals surface area contributed by atoms with Gasteiger partial charge in [-0.25, -0.2) is 0 Å². The van der Waals surface area contributed by atoms with Crippen molar-refractivity contribution in [3.05, 3.63) is 35.6 Å². The molecule has 3 aliphatic carbocycles. The van der Waals surface area contributed by atoms with Crippen molar-refractivity contribution in [2.45, 2.75) is 70.6 Å². The highest BCUT2D eigenvalue weighted by Gasteiger charge is 2.60. The van der Waals surface area contributed by atoms with Gasteiger partial charge >= 0.3 is 0 Å². The highest BCUT2D eigenvalue weighted by atomic mass is 16.3. The molecule has 37 heavy (non-hydrogen) atoms. The van der Waals surface area contributed by atoms with Crippen molar-refractivity contribution >= 4 is 17.6 Å². The molecule has 0 aromatic heterocycles. The molecule has 2 aliphatic heterocycles. The summed E-state index contributed by atoms with van der Waals surface area (Å²) in [5.74, 6) is -0.251. The van der Waals surface area contributed by atoms with Crippen LogP contribution in [0.25, 0.3) is 0 Å². The SMILES string of the molecule is CCC1C(C)CC2C3CC4C=CC(O)=C5C(=O)NC(CCCNC(=O)C=CCC4C3C(O)C(O)C12)C5=O. The van der Waals surface area contributed by atoms with Gasteiger partial charge in [-0.3, -0.25) is 14.4 Å². The van der Waals surface area contributed by atoms with Crippen LogP contribution in [0.15, 0.2) is 35.6 Å². The number of fused-ring (bicyclic) bond motifs is 7. The number of hydrogen-bond acceptors (Lipinski definition) is 6. The molecular weight excluding hydrogens is 472 g/mol. The van der Waals surface area contributed by atoms with Gasteiger partial charge in [-0.15, -0.1) is 0 Å². The molecule has 3 saturated carbocycles. The molecule has 8 nitrogen and oxygen atoms in total. The summed E-state index contributed by atoms with van der Waals surface area (Å²) < 4.78 is 0. The summed E-state index contributed by atoms with van der Waals surface area (Å²) >= 11 is 0. The van der Waals surface area contributed by atoms with E-state index in [1.165, 1.54) is 12.2 Å². The topological polar surface area (TPSA) is 136 Å². The van der Waals surface area contributed by atoms with Crippen LogP contribution < -0.4 is 10.6 Å². The van der Waals surface area contributed by atoms with Crippen LogP contribution in [0.4, 0.5) is 0 Å². The maximum absolute atomic E-state index is 12.8. The summed E-state index contributed by atoms with van der Waals surface area (Å²) in [5, 5.41) is 38.9. The Labute approximate surface area is 218 Å². The quantitative estimate of drug-likeness (QED) is 0.342. The Balaban J connectivity index is 1.49. The highest BCUT2D eigenvalue weighted by Crippen LogP contribution is 2.61. The number of rotatable bonds is 1. The molecule has 11 unspecified atom stereocenters. The number of aliphatic hydroxyl groups is 3. The number of amides is 2. The van der Waals surface area contributed by atoms with E-state index in [0.29, 0.717) is 43.6 Å². The van der Waals surface area contributed by atoms with E-state index in [4.69, 9.17) is 0 Å². The van der Waals surface area contributed by atoms with E-state index in [-0.39, 0.29) is 46.8 Å². The second-order valence-corrected chi connectivity index (χ2v) is 11.9. The first-order valence-electron chi connectivity index (χ1n) is 14.0. The smallest absolute Gasteiger partial charge is 0.259 e. The molecule has 4 fully saturated rings. The number of aliphatic hydroxyl groups excluding tert-OH is 3. The van der Waals surface area contributed by atoms with Crippen LogP contribution in [0, 0.1) is 47.3 Å². The Bertz CT molecular complexity index is 1030. The monoisotopic (exact) mass is 512 g/mol. The second-order valence-electron chi connectivity index (χ2n) is 11.9. The predicted octanol–water partition coefficient (Wildman–Crippen LogP) is 2.18.